The van der Waals surface area contributed by atoms with E-state index in [1.807, 2.05) is 11.8 Å². The average Bonchev–Trinajstić information content (AvgIpc) is 2.39. The second-order valence-corrected chi connectivity index (χ2v) is 5.11. The molecule has 1 N–H and O–H groups in total. The predicted octanol–water partition coefficient (Wildman–Crippen LogP) is -0.612. The number of piperidine rings is 1. The van der Waals surface area contributed by atoms with Crippen LogP contribution < -0.4 is 5.32 Å². The van der Waals surface area contributed by atoms with E-state index in [0.29, 0.717) is 45.4 Å². The van der Waals surface area contributed by atoms with Gasteiger partial charge in [0.1, 0.15) is 5.78 Å². The van der Waals surface area contributed by atoms with Crippen molar-refractivity contribution < 1.29 is 14.4 Å². The standard InChI is InChI=1S/C13H21N3O3/c1-2-11-13(19)14-5-8-16(11)9-12(18)15-6-3-10(17)4-7-15/h11H,2-9H2,1H3,(H,14,19). The number of hydrogen-bond acceptors (Lipinski definition) is 4. The van der Waals surface area contributed by atoms with Gasteiger partial charge in [0.05, 0.1) is 12.6 Å². The lowest BCUT2D eigenvalue weighted by Crippen LogP contribution is -2.57. The average molecular weight is 267 g/mol. The summed E-state index contributed by atoms with van der Waals surface area (Å²) in [6.45, 7) is 4.58. The molecule has 2 aliphatic rings. The number of amides is 2. The van der Waals surface area contributed by atoms with Crippen molar-refractivity contribution in [2.24, 2.45) is 0 Å². The quantitative estimate of drug-likeness (QED) is 0.740. The third kappa shape index (κ3) is 3.32. The molecular formula is C13H21N3O3. The summed E-state index contributed by atoms with van der Waals surface area (Å²) >= 11 is 0. The van der Waals surface area contributed by atoms with Gasteiger partial charge in [0, 0.05) is 39.0 Å². The second kappa shape index (κ2) is 6.14. The Bertz CT molecular complexity index is 373. The molecule has 0 saturated carbocycles. The molecule has 2 aliphatic heterocycles. The van der Waals surface area contributed by atoms with Gasteiger partial charge in [-0.3, -0.25) is 19.3 Å². The third-order valence-corrected chi connectivity index (χ3v) is 3.84. The highest BCUT2D eigenvalue weighted by Crippen LogP contribution is 2.11. The van der Waals surface area contributed by atoms with Gasteiger partial charge in [-0.05, 0) is 6.42 Å². The van der Waals surface area contributed by atoms with Crippen LogP contribution in [0.3, 0.4) is 0 Å². The number of carbonyl (C=O) groups excluding carboxylic acids is 3. The molecule has 1 unspecified atom stereocenters. The molecule has 106 valence electrons. The molecule has 0 aromatic heterocycles. The number of rotatable bonds is 3. The van der Waals surface area contributed by atoms with Crippen LogP contribution in [0.25, 0.3) is 0 Å². The van der Waals surface area contributed by atoms with E-state index in [0.717, 1.165) is 0 Å². The molecule has 2 heterocycles. The van der Waals surface area contributed by atoms with E-state index in [1.165, 1.54) is 0 Å². The van der Waals surface area contributed by atoms with Gasteiger partial charge in [-0.2, -0.15) is 0 Å². The monoisotopic (exact) mass is 267 g/mol. The number of piperazine rings is 1. The van der Waals surface area contributed by atoms with Gasteiger partial charge in [0.2, 0.25) is 11.8 Å². The van der Waals surface area contributed by atoms with Crippen molar-refractivity contribution in [1.29, 1.82) is 0 Å². The van der Waals surface area contributed by atoms with Crippen LogP contribution in [0.2, 0.25) is 0 Å². The molecule has 0 aliphatic carbocycles. The Labute approximate surface area is 113 Å². The van der Waals surface area contributed by atoms with Gasteiger partial charge in [0.25, 0.3) is 0 Å². The maximum Gasteiger partial charge on any atom is 0.237 e. The van der Waals surface area contributed by atoms with Gasteiger partial charge in [-0.1, -0.05) is 6.92 Å². The number of Topliss-reactive ketones (excluding diaryl/α,β-unsaturated/α-hetero) is 1. The van der Waals surface area contributed by atoms with E-state index < -0.39 is 0 Å². The summed E-state index contributed by atoms with van der Waals surface area (Å²) in [5, 5.41) is 2.82. The molecular weight excluding hydrogens is 246 g/mol. The second-order valence-electron chi connectivity index (χ2n) is 5.11. The van der Waals surface area contributed by atoms with Crippen molar-refractivity contribution in [3.05, 3.63) is 0 Å². The zero-order chi connectivity index (χ0) is 13.8. The smallest absolute Gasteiger partial charge is 0.237 e. The van der Waals surface area contributed by atoms with Crippen molar-refractivity contribution >= 4 is 17.6 Å². The summed E-state index contributed by atoms with van der Waals surface area (Å²) in [6, 6.07) is -0.205. The fraction of sp³-hybridized carbons (Fsp3) is 0.769. The fourth-order valence-corrected chi connectivity index (χ4v) is 2.67. The minimum absolute atomic E-state index is 0.00960. The Morgan fingerprint density at radius 2 is 1.95 bits per heavy atom. The van der Waals surface area contributed by atoms with E-state index in [-0.39, 0.29) is 30.2 Å². The summed E-state index contributed by atoms with van der Waals surface area (Å²) in [6.07, 6.45) is 1.63. The van der Waals surface area contributed by atoms with Gasteiger partial charge in [0.15, 0.2) is 0 Å². The fourth-order valence-electron chi connectivity index (χ4n) is 2.67. The first-order chi connectivity index (χ1) is 9.11. The first-order valence-electron chi connectivity index (χ1n) is 6.93. The molecule has 0 spiro atoms. The maximum atomic E-state index is 12.2. The molecule has 2 rings (SSSR count). The first kappa shape index (κ1) is 14.0. The molecule has 0 aromatic carbocycles. The molecule has 2 saturated heterocycles. The number of ketones is 1. The van der Waals surface area contributed by atoms with Crippen LogP contribution in [0.4, 0.5) is 0 Å². The molecule has 0 radical (unpaired) electrons. The van der Waals surface area contributed by atoms with Crippen molar-refractivity contribution in [3.63, 3.8) is 0 Å². The Hall–Kier alpha value is -1.43. The van der Waals surface area contributed by atoms with Crippen LogP contribution in [0.15, 0.2) is 0 Å². The van der Waals surface area contributed by atoms with Gasteiger partial charge >= 0.3 is 0 Å². The van der Waals surface area contributed by atoms with Crippen molar-refractivity contribution in [2.75, 3.05) is 32.7 Å². The van der Waals surface area contributed by atoms with Crippen molar-refractivity contribution in [1.82, 2.24) is 15.1 Å². The van der Waals surface area contributed by atoms with Gasteiger partial charge < -0.3 is 10.2 Å². The molecule has 1 atom stereocenters. The van der Waals surface area contributed by atoms with Gasteiger partial charge in [-0.25, -0.2) is 0 Å². The van der Waals surface area contributed by atoms with Crippen LogP contribution in [0.1, 0.15) is 26.2 Å². The molecule has 0 aromatic rings. The molecule has 6 nitrogen and oxygen atoms in total. The van der Waals surface area contributed by atoms with Crippen LogP contribution in [0.5, 0.6) is 0 Å². The number of likely N-dealkylation sites (tertiary alicyclic amines) is 1. The van der Waals surface area contributed by atoms with Gasteiger partial charge in [-0.15, -0.1) is 0 Å². The Morgan fingerprint density at radius 3 is 2.58 bits per heavy atom. The Balaban J connectivity index is 1.90. The van der Waals surface area contributed by atoms with E-state index in [9.17, 15) is 14.4 Å². The van der Waals surface area contributed by atoms with E-state index in [1.54, 1.807) is 4.90 Å². The van der Waals surface area contributed by atoms with Crippen molar-refractivity contribution in [3.8, 4) is 0 Å². The highest BCUT2D eigenvalue weighted by Gasteiger charge is 2.31. The Kier molecular flexibility index (Phi) is 4.52. The molecule has 2 fully saturated rings. The summed E-state index contributed by atoms with van der Waals surface area (Å²) in [5.41, 5.74) is 0. The zero-order valence-electron chi connectivity index (χ0n) is 11.4. The minimum atomic E-state index is -0.205. The predicted molar refractivity (Wildman–Crippen MR) is 69.5 cm³/mol. The van der Waals surface area contributed by atoms with E-state index in [4.69, 9.17) is 0 Å². The highest BCUT2D eigenvalue weighted by molar-refractivity contribution is 5.86. The van der Waals surface area contributed by atoms with E-state index >= 15 is 0 Å². The molecule has 6 heteroatoms. The summed E-state index contributed by atoms with van der Waals surface area (Å²) in [4.78, 5) is 38.7. The van der Waals surface area contributed by atoms with Crippen LogP contribution in [-0.2, 0) is 14.4 Å². The number of hydrogen-bond donors (Lipinski definition) is 1. The first-order valence-corrected chi connectivity index (χ1v) is 6.93. The highest BCUT2D eigenvalue weighted by atomic mass is 16.2. The zero-order valence-corrected chi connectivity index (χ0v) is 11.4. The van der Waals surface area contributed by atoms with Crippen LogP contribution >= 0.6 is 0 Å². The number of carbonyl (C=O) groups is 3. The third-order valence-electron chi connectivity index (χ3n) is 3.84. The SMILES string of the molecule is CCC1C(=O)NCCN1CC(=O)N1CCC(=O)CC1. The summed E-state index contributed by atoms with van der Waals surface area (Å²) in [7, 11) is 0. The van der Waals surface area contributed by atoms with Crippen LogP contribution in [0, 0.1) is 0 Å². The maximum absolute atomic E-state index is 12.2. The van der Waals surface area contributed by atoms with Crippen LogP contribution in [-0.4, -0.2) is 66.2 Å². The largest absolute Gasteiger partial charge is 0.353 e. The minimum Gasteiger partial charge on any atom is -0.353 e. The van der Waals surface area contributed by atoms with E-state index in [2.05, 4.69) is 5.32 Å². The summed E-state index contributed by atoms with van der Waals surface area (Å²) < 4.78 is 0. The Morgan fingerprint density at radius 1 is 1.26 bits per heavy atom. The lowest BCUT2D eigenvalue weighted by Gasteiger charge is -2.36. The lowest BCUT2D eigenvalue weighted by atomic mass is 10.1. The molecule has 19 heavy (non-hydrogen) atoms. The lowest BCUT2D eigenvalue weighted by molar-refractivity contribution is -0.138. The number of nitrogens with zero attached hydrogens (tertiary/aromatic N) is 2. The molecule has 2 amide bonds. The topological polar surface area (TPSA) is 69.7 Å². The summed E-state index contributed by atoms with van der Waals surface area (Å²) in [5.74, 6) is 0.267. The normalized spacial score (nSPS) is 25.3. The van der Waals surface area contributed by atoms with Crippen molar-refractivity contribution in [2.45, 2.75) is 32.2 Å². The molecule has 0 bridgehead atoms. The number of nitrogens with one attached hydrogen (secondary N) is 1.